The molecule has 0 amide bonds. The third kappa shape index (κ3) is 3.64. The molecule has 7 heteroatoms. The molecule has 0 radical (unpaired) electrons. The van der Waals surface area contributed by atoms with Gasteiger partial charge in [-0.1, -0.05) is 12.1 Å². The number of hydrogen-bond donors (Lipinski definition) is 2. The van der Waals surface area contributed by atoms with Crippen molar-refractivity contribution in [2.24, 2.45) is 0 Å². The number of rotatable bonds is 5. The molecule has 18 heavy (non-hydrogen) atoms. The molecule has 96 valence electrons. The molecule has 1 aromatic heterocycles. The molecule has 0 spiro atoms. The van der Waals surface area contributed by atoms with Crippen LogP contribution in [0.1, 0.15) is 11.1 Å². The van der Waals surface area contributed by atoms with Crippen molar-refractivity contribution in [3.05, 3.63) is 53.6 Å². The molecule has 0 aliphatic carbocycles. The normalized spacial score (nSPS) is 11.6. The fourth-order valence-corrected chi connectivity index (χ4v) is 2.54. The van der Waals surface area contributed by atoms with Crippen molar-refractivity contribution in [3.63, 3.8) is 0 Å². The first-order valence-electron chi connectivity index (χ1n) is 5.24. The first-order chi connectivity index (χ1) is 8.55. The topological polar surface area (TPSA) is 74.8 Å². The van der Waals surface area contributed by atoms with Crippen LogP contribution in [0.4, 0.5) is 4.39 Å². The van der Waals surface area contributed by atoms with E-state index in [0.717, 1.165) is 5.56 Å². The average molecular weight is 269 g/mol. The molecule has 1 aromatic carbocycles. The van der Waals surface area contributed by atoms with Crippen LogP contribution in [0.25, 0.3) is 0 Å². The number of nitrogens with zero attached hydrogens (tertiary/aromatic N) is 1. The molecule has 0 fully saturated rings. The molecule has 0 aliphatic heterocycles. The predicted octanol–water partition coefficient (Wildman–Crippen LogP) is 1.17. The van der Waals surface area contributed by atoms with Gasteiger partial charge in [0.2, 0.25) is 10.0 Å². The third-order valence-corrected chi connectivity index (χ3v) is 3.62. The first kappa shape index (κ1) is 12.7. The monoisotopic (exact) mass is 269 g/mol. The number of benzene rings is 1. The first-order valence-corrected chi connectivity index (χ1v) is 6.90. The Kier molecular flexibility index (Phi) is 3.73. The number of hydrogen-bond acceptors (Lipinski definition) is 3. The molecular weight excluding hydrogens is 257 g/mol. The highest BCUT2D eigenvalue weighted by molar-refractivity contribution is 7.88. The molecule has 5 nitrogen and oxygen atoms in total. The molecule has 0 saturated carbocycles. The summed E-state index contributed by atoms with van der Waals surface area (Å²) >= 11 is 0. The van der Waals surface area contributed by atoms with Gasteiger partial charge in [0.25, 0.3) is 0 Å². The van der Waals surface area contributed by atoms with Gasteiger partial charge in [-0.15, -0.1) is 0 Å². The van der Waals surface area contributed by atoms with Crippen LogP contribution in [-0.2, 0) is 22.3 Å². The van der Waals surface area contributed by atoms with Crippen molar-refractivity contribution < 1.29 is 12.8 Å². The summed E-state index contributed by atoms with van der Waals surface area (Å²) in [5.41, 5.74) is 1.29. The van der Waals surface area contributed by atoms with E-state index in [1.807, 2.05) is 0 Å². The fourth-order valence-electron chi connectivity index (χ4n) is 1.42. The standard InChI is InChI=1S/C11H12FN3O2S/c12-11-3-1-9(2-4-11)8-18(16,17)15-7-10-5-13-14-6-10/h1-6,15H,7-8H2,(H,13,14). The maximum atomic E-state index is 12.7. The highest BCUT2D eigenvalue weighted by atomic mass is 32.2. The zero-order valence-corrected chi connectivity index (χ0v) is 10.2. The van der Waals surface area contributed by atoms with Crippen LogP contribution in [0.15, 0.2) is 36.7 Å². The summed E-state index contributed by atoms with van der Waals surface area (Å²) in [5.74, 6) is -0.562. The Morgan fingerprint density at radius 2 is 1.94 bits per heavy atom. The van der Waals surface area contributed by atoms with E-state index in [9.17, 15) is 12.8 Å². The summed E-state index contributed by atoms with van der Waals surface area (Å²) in [6.45, 7) is 0.181. The number of H-pyrrole nitrogens is 1. The largest absolute Gasteiger partial charge is 0.285 e. The number of halogens is 1. The Labute approximate surface area is 104 Å². The molecule has 0 aliphatic rings. The minimum atomic E-state index is -3.44. The predicted molar refractivity (Wildman–Crippen MR) is 64.5 cm³/mol. The smallest absolute Gasteiger partial charge is 0.216 e. The molecule has 1 heterocycles. The summed E-state index contributed by atoms with van der Waals surface area (Å²) in [7, 11) is -3.44. The lowest BCUT2D eigenvalue weighted by molar-refractivity contribution is 0.580. The van der Waals surface area contributed by atoms with Crippen molar-refractivity contribution in [1.82, 2.24) is 14.9 Å². The molecule has 2 rings (SSSR count). The minimum absolute atomic E-state index is 0.175. The molecule has 0 bridgehead atoms. The van der Waals surface area contributed by atoms with E-state index in [1.54, 1.807) is 12.4 Å². The molecule has 2 aromatic rings. The van der Waals surface area contributed by atoms with E-state index in [2.05, 4.69) is 14.9 Å². The highest BCUT2D eigenvalue weighted by Crippen LogP contribution is 2.07. The van der Waals surface area contributed by atoms with Gasteiger partial charge in [0, 0.05) is 18.3 Å². The quantitative estimate of drug-likeness (QED) is 0.855. The van der Waals surface area contributed by atoms with Crippen LogP contribution in [0, 0.1) is 5.82 Å². The number of sulfonamides is 1. The van der Waals surface area contributed by atoms with Crippen molar-refractivity contribution in [2.75, 3.05) is 0 Å². The maximum absolute atomic E-state index is 12.7. The van der Waals surface area contributed by atoms with Gasteiger partial charge in [0.1, 0.15) is 5.82 Å². The van der Waals surface area contributed by atoms with Crippen molar-refractivity contribution >= 4 is 10.0 Å². The number of aromatic amines is 1. The lowest BCUT2D eigenvalue weighted by atomic mass is 10.2. The molecule has 0 unspecified atom stereocenters. The Balaban J connectivity index is 1.97. The molecule has 0 atom stereocenters. The van der Waals surface area contributed by atoms with Crippen LogP contribution in [0.3, 0.4) is 0 Å². The van der Waals surface area contributed by atoms with E-state index >= 15 is 0 Å². The molecule has 0 saturated heterocycles. The van der Waals surface area contributed by atoms with Crippen LogP contribution >= 0.6 is 0 Å². The van der Waals surface area contributed by atoms with Crippen molar-refractivity contribution in [1.29, 1.82) is 0 Å². The zero-order chi connectivity index (χ0) is 13.0. The van der Waals surface area contributed by atoms with Gasteiger partial charge in [-0.2, -0.15) is 5.10 Å². The van der Waals surface area contributed by atoms with Crippen LogP contribution in [0.2, 0.25) is 0 Å². The van der Waals surface area contributed by atoms with Gasteiger partial charge in [-0.25, -0.2) is 17.5 Å². The van der Waals surface area contributed by atoms with Gasteiger partial charge in [0.05, 0.1) is 11.9 Å². The Bertz CT molecular complexity index is 594. The highest BCUT2D eigenvalue weighted by Gasteiger charge is 2.11. The van der Waals surface area contributed by atoms with Crippen LogP contribution < -0.4 is 4.72 Å². The second-order valence-corrected chi connectivity index (χ2v) is 5.62. The lowest BCUT2D eigenvalue weighted by Gasteiger charge is -2.05. The van der Waals surface area contributed by atoms with Gasteiger partial charge in [0.15, 0.2) is 0 Å². The van der Waals surface area contributed by atoms with Gasteiger partial charge in [-0.3, -0.25) is 5.10 Å². The van der Waals surface area contributed by atoms with Gasteiger partial charge < -0.3 is 0 Å². The number of nitrogens with one attached hydrogen (secondary N) is 2. The van der Waals surface area contributed by atoms with Crippen molar-refractivity contribution in [3.8, 4) is 0 Å². The SMILES string of the molecule is O=S(=O)(Cc1ccc(F)cc1)NCc1cn[nH]c1. The third-order valence-electron chi connectivity index (χ3n) is 2.32. The second kappa shape index (κ2) is 5.28. The van der Waals surface area contributed by atoms with Crippen molar-refractivity contribution in [2.45, 2.75) is 12.3 Å². The summed E-state index contributed by atoms with van der Waals surface area (Å²) in [6.07, 6.45) is 3.15. The second-order valence-electron chi connectivity index (χ2n) is 3.81. The van der Waals surface area contributed by atoms with E-state index in [0.29, 0.717) is 5.56 Å². The summed E-state index contributed by atoms with van der Waals surface area (Å²) in [6, 6.07) is 5.38. The number of aromatic nitrogens is 2. The average Bonchev–Trinajstić information content (AvgIpc) is 2.83. The summed E-state index contributed by atoms with van der Waals surface area (Å²) in [5, 5.41) is 6.31. The van der Waals surface area contributed by atoms with Gasteiger partial charge in [-0.05, 0) is 17.7 Å². The zero-order valence-electron chi connectivity index (χ0n) is 9.43. The van der Waals surface area contributed by atoms with E-state index < -0.39 is 10.0 Å². The summed E-state index contributed by atoms with van der Waals surface area (Å²) in [4.78, 5) is 0. The summed E-state index contributed by atoms with van der Waals surface area (Å²) < 4.78 is 38.6. The Morgan fingerprint density at radius 1 is 1.22 bits per heavy atom. The lowest BCUT2D eigenvalue weighted by Crippen LogP contribution is -2.24. The molecule has 2 N–H and O–H groups in total. The van der Waals surface area contributed by atoms with E-state index in [-0.39, 0.29) is 18.1 Å². The molecular formula is C11H12FN3O2S. The van der Waals surface area contributed by atoms with Gasteiger partial charge >= 0.3 is 0 Å². The van der Waals surface area contributed by atoms with E-state index in [4.69, 9.17) is 0 Å². The van der Waals surface area contributed by atoms with E-state index in [1.165, 1.54) is 24.3 Å². The Morgan fingerprint density at radius 3 is 2.56 bits per heavy atom. The van der Waals surface area contributed by atoms with Crippen LogP contribution in [0.5, 0.6) is 0 Å². The minimum Gasteiger partial charge on any atom is -0.285 e. The Hall–Kier alpha value is -1.73. The maximum Gasteiger partial charge on any atom is 0.216 e. The van der Waals surface area contributed by atoms with Crippen LogP contribution in [-0.4, -0.2) is 18.6 Å². The fraction of sp³-hybridized carbons (Fsp3) is 0.182.